The van der Waals surface area contributed by atoms with E-state index in [4.69, 9.17) is 0 Å². The third-order valence-corrected chi connectivity index (χ3v) is 4.06. The predicted octanol–water partition coefficient (Wildman–Crippen LogP) is 3.57. The highest BCUT2D eigenvalue weighted by molar-refractivity contribution is 9.10. The number of halogens is 2. The van der Waals surface area contributed by atoms with E-state index in [2.05, 4.69) is 26.0 Å². The largest absolute Gasteiger partial charge is 0.379 e. The molecule has 0 aromatic heterocycles. The molecule has 0 aliphatic rings. The Labute approximate surface area is 131 Å². The second kappa shape index (κ2) is 6.44. The number of anilines is 2. The minimum Gasteiger partial charge on any atom is -0.379 e. The summed E-state index contributed by atoms with van der Waals surface area (Å²) in [6.07, 6.45) is 1.09. The third kappa shape index (κ3) is 4.71. The summed E-state index contributed by atoms with van der Waals surface area (Å²) in [6.45, 7) is 0.362. The van der Waals surface area contributed by atoms with Gasteiger partial charge in [-0.25, -0.2) is 12.8 Å². The van der Waals surface area contributed by atoms with E-state index in [0.717, 1.165) is 16.3 Å². The molecule has 0 unspecified atom stereocenters. The van der Waals surface area contributed by atoms with E-state index >= 15 is 0 Å². The molecule has 4 nitrogen and oxygen atoms in total. The maximum Gasteiger partial charge on any atom is 0.229 e. The SMILES string of the molecule is CS(=O)(=O)Nc1ccccc1NCc1cc(F)ccc1Br. The lowest BCUT2D eigenvalue weighted by Gasteiger charge is -2.13. The first-order valence-corrected chi connectivity index (χ1v) is 8.78. The molecule has 0 fully saturated rings. The van der Waals surface area contributed by atoms with E-state index in [1.165, 1.54) is 12.1 Å². The number of rotatable bonds is 5. The zero-order valence-corrected chi connectivity index (χ0v) is 13.6. The van der Waals surface area contributed by atoms with Gasteiger partial charge in [-0.3, -0.25) is 4.72 Å². The summed E-state index contributed by atoms with van der Waals surface area (Å²) in [5.41, 5.74) is 1.82. The monoisotopic (exact) mass is 372 g/mol. The van der Waals surface area contributed by atoms with E-state index < -0.39 is 10.0 Å². The first kappa shape index (κ1) is 15.8. The lowest BCUT2D eigenvalue weighted by molar-refractivity contribution is 0.607. The molecule has 112 valence electrons. The van der Waals surface area contributed by atoms with Crippen molar-refractivity contribution in [2.75, 3.05) is 16.3 Å². The van der Waals surface area contributed by atoms with Gasteiger partial charge in [0.15, 0.2) is 0 Å². The van der Waals surface area contributed by atoms with Crippen molar-refractivity contribution in [2.24, 2.45) is 0 Å². The Morgan fingerprint density at radius 2 is 1.81 bits per heavy atom. The molecule has 21 heavy (non-hydrogen) atoms. The summed E-state index contributed by atoms with van der Waals surface area (Å²) in [6, 6.07) is 11.3. The van der Waals surface area contributed by atoms with Crippen LogP contribution in [0.4, 0.5) is 15.8 Å². The Morgan fingerprint density at radius 1 is 1.14 bits per heavy atom. The zero-order chi connectivity index (χ0) is 15.5. The number of sulfonamides is 1. The smallest absolute Gasteiger partial charge is 0.229 e. The van der Waals surface area contributed by atoms with Gasteiger partial charge in [-0.2, -0.15) is 0 Å². The van der Waals surface area contributed by atoms with E-state index in [0.29, 0.717) is 17.9 Å². The molecule has 0 amide bonds. The van der Waals surface area contributed by atoms with Crippen LogP contribution in [-0.4, -0.2) is 14.7 Å². The molecule has 7 heteroatoms. The lowest BCUT2D eigenvalue weighted by atomic mass is 10.2. The van der Waals surface area contributed by atoms with Crippen molar-refractivity contribution in [1.82, 2.24) is 0 Å². The molecule has 2 N–H and O–H groups in total. The molecule has 2 aromatic carbocycles. The van der Waals surface area contributed by atoms with Gasteiger partial charge in [-0.1, -0.05) is 28.1 Å². The number of nitrogens with one attached hydrogen (secondary N) is 2. The molecular weight excluding hydrogens is 359 g/mol. The van der Waals surface area contributed by atoms with Gasteiger partial charge >= 0.3 is 0 Å². The fourth-order valence-electron chi connectivity index (χ4n) is 1.80. The molecule has 0 spiro atoms. The molecule has 0 aliphatic heterocycles. The second-order valence-corrected chi connectivity index (χ2v) is 7.11. The quantitative estimate of drug-likeness (QED) is 0.843. The van der Waals surface area contributed by atoms with Gasteiger partial charge in [0.1, 0.15) is 5.82 Å². The molecule has 0 radical (unpaired) electrons. The molecular formula is C14H14BrFN2O2S. The Morgan fingerprint density at radius 3 is 2.48 bits per heavy atom. The summed E-state index contributed by atoms with van der Waals surface area (Å²) < 4.78 is 39.1. The first-order chi connectivity index (χ1) is 9.85. The average Bonchev–Trinajstić information content (AvgIpc) is 2.39. The summed E-state index contributed by atoms with van der Waals surface area (Å²) in [7, 11) is -3.36. The lowest BCUT2D eigenvalue weighted by Crippen LogP contribution is -2.12. The van der Waals surface area contributed by atoms with Crippen molar-refractivity contribution in [3.8, 4) is 0 Å². The standard InChI is InChI=1S/C14H14BrFN2O2S/c1-21(19,20)18-14-5-3-2-4-13(14)17-9-10-8-11(16)6-7-12(10)15/h2-8,17-18H,9H2,1H3. The van der Waals surface area contributed by atoms with Crippen LogP contribution in [0.15, 0.2) is 46.9 Å². The molecule has 0 atom stereocenters. The number of hydrogen-bond donors (Lipinski definition) is 2. The predicted molar refractivity (Wildman–Crippen MR) is 86.3 cm³/mol. The maximum absolute atomic E-state index is 13.2. The highest BCUT2D eigenvalue weighted by Crippen LogP contribution is 2.24. The van der Waals surface area contributed by atoms with Crippen LogP contribution in [0.1, 0.15) is 5.56 Å². The van der Waals surface area contributed by atoms with Crippen LogP contribution < -0.4 is 10.0 Å². The summed E-state index contributed by atoms with van der Waals surface area (Å²) in [5.74, 6) is -0.322. The van der Waals surface area contributed by atoms with Crippen LogP contribution in [0.25, 0.3) is 0 Å². The van der Waals surface area contributed by atoms with Gasteiger partial charge < -0.3 is 5.32 Å². The van der Waals surface area contributed by atoms with E-state index in [9.17, 15) is 12.8 Å². The van der Waals surface area contributed by atoms with Crippen LogP contribution in [0, 0.1) is 5.82 Å². The van der Waals surface area contributed by atoms with E-state index in [-0.39, 0.29) is 5.82 Å². The van der Waals surface area contributed by atoms with Crippen molar-refractivity contribution in [3.63, 3.8) is 0 Å². The van der Waals surface area contributed by atoms with Gasteiger partial charge in [-0.05, 0) is 35.9 Å². The van der Waals surface area contributed by atoms with E-state index in [1.807, 2.05) is 0 Å². The Hall–Kier alpha value is -1.60. The van der Waals surface area contributed by atoms with Crippen LogP contribution in [0.3, 0.4) is 0 Å². The third-order valence-electron chi connectivity index (χ3n) is 2.70. The molecule has 0 saturated heterocycles. The summed E-state index contributed by atoms with van der Waals surface area (Å²) >= 11 is 3.35. The first-order valence-electron chi connectivity index (χ1n) is 6.10. The summed E-state index contributed by atoms with van der Waals surface area (Å²) in [5, 5.41) is 3.10. The van der Waals surface area contributed by atoms with Crippen LogP contribution >= 0.6 is 15.9 Å². The topological polar surface area (TPSA) is 58.2 Å². The van der Waals surface area contributed by atoms with Gasteiger partial charge in [0.2, 0.25) is 10.0 Å². The Kier molecular flexibility index (Phi) is 4.84. The number of para-hydroxylation sites is 2. The highest BCUT2D eigenvalue weighted by atomic mass is 79.9. The summed E-state index contributed by atoms with van der Waals surface area (Å²) in [4.78, 5) is 0. The van der Waals surface area contributed by atoms with Gasteiger partial charge in [0.05, 0.1) is 17.6 Å². The zero-order valence-electron chi connectivity index (χ0n) is 11.2. The molecule has 2 aromatic rings. The van der Waals surface area contributed by atoms with E-state index in [1.54, 1.807) is 30.3 Å². The minimum absolute atomic E-state index is 0.322. The molecule has 0 heterocycles. The molecule has 0 saturated carbocycles. The van der Waals surface area contributed by atoms with Crippen LogP contribution in [0.5, 0.6) is 0 Å². The van der Waals surface area contributed by atoms with Crippen molar-refractivity contribution in [3.05, 3.63) is 58.3 Å². The van der Waals surface area contributed by atoms with Crippen molar-refractivity contribution < 1.29 is 12.8 Å². The normalized spacial score (nSPS) is 11.2. The van der Waals surface area contributed by atoms with Crippen molar-refractivity contribution in [2.45, 2.75) is 6.54 Å². The second-order valence-electron chi connectivity index (χ2n) is 4.51. The number of benzene rings is 2. The Balaban J connectivity index is 2.18. The average molecular weight is 373 g/mol. The van der Waals surface area contributed by atoms with Crippen LogP contribution in [-0.2, 0) is 16.6 Å². The van der Waals surface area contributed by atoms with Crippen molar-refractivity contribution >= 4 is 37.3 Å². The molecule has 0 aliphatic carbocycles. The van der Waals surface area contributed by atoms with Crippen molar-refractivity contribution in [1.29, 1.82) is 0 Å². The molecule has 2 rings (SSSR count). The highest BCUT2D eigenvalue weighted by Gasteiger charge is 2.08. The number of hydrogen-bond acceptors (Lipinski definition) is 3. The van der Waals surface area contributed by atoms with Gasteiger partial charge in [0, 0.05) is 11.0 Å². The van der Waals surface area contributed by atoms with Gasteiger partial charge in [-0.15, -0.1) is 0 Å². The maximum atomic E-state index is 13.2. The minimum atomic E-state index is -3.36. The van der Waals surface area contributed by atoms with Gasteiger partial charge in [0.25, 0.3) is 0 Å². The Bertz CT molecular complexity index is 750. The van der Waals surface area contributed by atoms with Crippen LogP contribution in [0.2, 0.25) is 0 Å². The fraction of sp³-hybridized carbons (Fsp3) is 0.143. The fourth-order valence-corrected chi connectivity index (χ4v) is 2.76. The molecule has 0 bridgehead atoms.